The molecule has 3 nitrogen and oxygen atoms in total. The van der Waals surface area contributed by atoms with Crippen molar-refractivity contribution in [3.05, 3.63) is 35.1 Å². The summed E-state index contributed by atoms with van der Waals surface area (Å²) >= 11 is 0. The van der Waals surface area contributed by atoms with Crippen molar-refractivity contribution >= 4 is 18.3 Å². The van der Waals surface area contributed by atoms with E-state index in [9.17, 15) is 18.0 Å². The molecule has 21 heavy (non-hydrogen) atoms. The van der Waals surface area contributed by atoms with Crippen LogP contribution in [-0.2, 0) is 0 Å². The number of halogens is 4. The SMILES string of the molecule is Cl.O=C(c1c(F)cc(F)cc1F)N1C2CCNCC1CC2. The minimum atomic E-state index is -1.14. The molecule has 0 aromatic heterocycles. The molecular formula is C14H16ClF3N2O. The van der Waals surface area contributed by atoms with E-state index < -0.39 is 28.9 Å². The van der Waals surface area contributed by atoms with E-state index in [1.807, 2.05) is 0 Å². The van der Waals surface area contributed by atoms with Crippen LogP contribution in [-0.4, -0.2) is 36.0 Å². The van der Waals surface area contributed by atoms with Gasteiger partial charge in [0.1, 0.15) is 23.0 Å². The summed E-state index contributed by atoms with van der Waals surface area (Å²) in [6.07, 6.45) is 2.45. The highest BCUT2D eigenvalue weighted by molar-refractivity contribution is 5.95. The maximum atomic E-state index is 13.7. The van der Waals surface area contributed by atoms with Crippen LogP contribution in [0.25, 0.3) is 0 Å². The molecule has 2 aliphatic heterocycles. The molecule has 0 radical (unpaired) electrons. The predicted molar refractivity (Wildman–Crippen MR) is 74.0 cm³/mol. The lowest BCUT2D eigenvalue weighted by molar-refractivity contribution is 0.0670. The van der Waals surface area contributed by atoms with Crippen molar-refractivity contribution in [2.24, 2.45) is 0 Å². The largest absolute Gasteiger partial charge is 0.331 e. The maximum Gasteiger partial charge on any atom is 0.260 e. The van der Waals surface area contributed by atoms with Gasteiger partial charge in [-0.25, -0.2) is 13.2 Å². The van der Waals surface area contributed by atoms with E-state index in [1.54, 1.807) is 4.90 Å². The third kappa shape index (κ3) is 2.87. The van der Waals surface area contributed by atoms with Crippen molar-refractivity contribution in [3.8, 4) is 0 Å². The van der Waals surface area contributed by atoms with Crippen LogP contribution in [0.1, 0.15) is 29.6 Å². The number of carbonyl (C=O) groups is 1. The summed E-state index contributed by atoms with van der Waals surface area (Å²) < 4.78 is 40.4. The standard InChI is InChI=1S/C14H15F3N2O.ClH/c15-8-5-11(16)13(12(17)6-8)14(20)19-9-1-2-10(19)7-18-4-3-9;/h5-6,9-10,18H,1-4,7H2;1H. The van der Waals surface area contributed by atoms with Gasteiger partial charge in [-0.3, -0.25) is 4.79 Å². The monoisotopic (exact) mass is 320 g/mol. The third-order valence-electron chi connectivity index (χ3n) is 4.11. The average molecular weight is 321 g/mol. The molecule has 2 fully saturated rings. The number of rotatable bonds is 1. The molecule has 0 saturated carbocycles. The fourth-order valence-corrected chi connectivity index (χ4v) is 3.19. The first kappa shape index (κ1) is 16.1. The fraction of sp³-hybridized carbons (Fsp3) is 0.500. The Morgan fingerprint density at radius 2 is 1.71 bits per heavy atom. The van der Waals surface area contributed by atoms with E-state index in [1.165, 1.54) is 0 Å². The second-order valence-electron chi connectivity index (χ2n) is 5.33. The molecule has 3 rings (SSSR count). The maximum absolute atomic E-state index is 13.7. The molecule has 2 bridgehead atoms. The molecule has 1 N–H and O–H groups in total. The minimum Gasteiger partial charge on any atom is -0.331 e. The summed E-state index contributed by atoms with van der Waals surface area (Å²) in [4.78, 5) is 14.0. The van der Waals surface area contributed by atoms with Crippen LogP contribution in [0.15, 0.2) is 12.1 Å². The van der Waals surface area contributed by atoms with Gasteiger partial charge in [-0.05, 0) is 25.8 Å². The average Bonchev–Trinajstić information content (AvgIpc) is 2.61. The van der Waals surface area contributed by atoms with Crippen LogP contribution in [0.2, 0.25) is 0 Å². The van der Waals surface area contributed by atoms with E-state index in [0.717, 1.165) is 25.8 Å². The van der Waals surface area contributed by atoms with Gasteiger partial charge < -0.3 is 10.2 Å². The van der Waals surface area contributed by atoms with Crippen LogP contribution < -0.4 is 5.32 Å². The van der Waals surface area contributed by atoms with E-state index in [4.69, 9.17) is 0 Å². The van der Waals surface area contributed by atoms with Crippen molar-refractivity contribution in [1.82, 2.24) is 10.2 Å². The summed E-state index contributed by atoms with van der Waals surface area (Å²) in [5.41, 5.74) is -0.648. The molecule has 2 saturated heterocycles. The first-order chi connectivity index (χ1) is 9.58. The van der Waals surface area contributed by atoms with E-state index >= 15 is 0 Å². The molecular weight excluding hydrogens is 305 g/mol. The molecule has 2 heterocycles. The van der Waals surface area contributed by atoms with Crippen molar-refractivity contribution in [2.75, 3.05) is 13.1 Å². The van der Waals surface area contributed by atoms with Gasteiger partial charge in [0.25, 0.3) is 5.91 Å². The summed E-state index contributed by atoms with van der Waals surface area (Å²) in [6.45, 7) is 1.42. The highest BCUT2D eigenvalue weighted by Crippen LogP contribution is 2.30. The Hall–Kier alpha value is -1.27. The number of benzene rings is 1. The Balaban J connectivity index is 0.00000161. The number of hydrogen-bond acceptors (Lipinski definition) is 2. The Morgan fingerprint density at radius 3 is 2.38 bits per heavy atom. The first-order valence-corrected chi connectivity index (χ1v) is 6.76. The molecule has 2 unspecified atom stereocenters. The second kappa shape index (κ2) is 6.23. The molecule has 1 aromatic rings. The predicted octanol–water partition coefficient (Wildman–Crippen LogP) is 2.49. The minimum absolute atomic E-state index is 0. The number of carbonyl (C=O) groups excluding carboxylic acids is 1. The van der Waals surface area contributed by atoms with E-state index in [-0.39, 0.29) is 24.5 Å². The zero-order valence-corrected chi connectivity index (χ0v) is 12.1. The molecule has 2 aliphatic rings. The second-order valence-corrected chi connectivity index (χ2v) is 5.33. The zero-order valence-electron chi connectivity index (χ0n) is 11.2. The van der Waals surface area contributed by atoms with E-state index in [0.29, 0.717) is 18.7 Å². The lowest BCUT2D eigenvalue weighted by Gasteiger charge is -2.28. The Bertz CT molecular complexity index is 518. The van der Waals surface area contributed by atoms with Gasteiger partial charge in [0.05, 0.1) is 0 Å². The highest BCUT2D eigenvalue weighted by atomic mass is 35.5. The first-order valence-electron chi connectivity index (χ1n) is 6.76. The van der Waals surface area contributed by atoms with Crippen molar-refractivity contribution in [3.63, 3.8) is 0 Å². The number of nitrogens with zero attached hydrogens (tertiary/aromatic N) is 1. The van der Waals surface area contributed by atoms with Crippen LogP contribution in [0.3, 0.4) is 0 Å². The Morgan fingerprint density at radius 1 is 1.10 bits per heavy atom. The van der Waals surface area contributed by atoms with Gasteiger partial charge in [-0.2, -0.15) is 0 Å². The Kier molecular flexibility index (Phi) is 4.78. The molecule has 116 valence electrons. The topological polar surface area (TPSA) is 32.3 Å². The third-order valence-corrected chi connectivity index (χ3v) is 4.11. The van der Waals surface area contributed by atoms with Gasteiger partial charge in [-0.1, -0.05) is 0 Å². The molecule has 7 heteroatoms. The van der Waals surface area contributed by atoms with E-state index in [2.05, 4.69) is 5.32 Å². The number of hydrogen-bond donors (Lipinski definition) is 1. The van der Waals surface area contributed by atoms with Gasteiger partial charge in [0.2, 0.25) is 0 Å². The van der Waals surface area contributed by atoms with Crippen LogP contribution in [0, 0.1) is 17.5 Å². The molecule has 2 atom stereocenters. The van der Waals surface area contributed by atoms with Gasteiger partial charge >= 0.3 is 0 Å². The number of fused-ring (bicyclic) bond motifs is 2. The van der Waals surface area contributed by atoms with Crippen LogP contribution in [0.4, 0.5) is 13.2 Å². The van der Waals surface area contributed by atoms with Crippen molar-refractivity contribution in [1.29, 1.82) is 0 Å². The lowest BCUT2D eigenvalue weighted by atomic mass is 10.1. The lowest BCUT2D eigenvalue weighted by Crippen LogP contribution is -2.43. The molecule has 1 aromatic carbocycles. The number of nitrogens with one attached hydrogen (secondary N) is 1. The highest BCUT2D eigenvalue weighted by Gasteiger charge is 2.40. The fourth-order valence-electron chi connectivity index (χ4n) is 3.19. The van der Waals surface area contributed by atoms with Crippen LogP contribution >= 0.6 is 12.4 Å². The van der Waals surface area contributed by atoms with Crippen molar-refractivity contribution < 1.29 is 18.0 Å². The smallest absolute Gasteiger partial charge is 0.260 e. The zero-order chi connectivity index (χ0) is 14.3. The molecule has 0 aliphatic carbocycles. The summed E-state index contributed by atoms with van der Waals surface area (Å²) in [6, 6.07) is 1.06. The number of amides is 1. The van der Waals surface area contributed by atoms with Gasteiger partial charge in [0, 0.05) is 30.8 Å². The summed E-state index contributed by atoms with van der Waals surface area (Å²) in [5, 5.41) is 3.21. The molecule has 1 amide bonds. The summed E-state index contributed by atoms with van der Waals surface area (Å²) in [7, 11) is 0. The quantitative estimate of drug-likeness (QED) is 0.862. The normalized spacial score (nSPS) is 24.4. The Labute approximate surface area is 126 Å². The van der Waals surface area contributed by atoms with Gasteiger partial charge in [0.15, 0.2) is 0 Å². The van der Waals surface area contributed by atoms with Crippen LogP contribution in [0.5, 0.6) is 0 Å². The molecule has 0 spiro atoms. The van der Waals surface area contributed by atoms with Crippen molar-refractivity contribution in [2.45, 2.75) is 31.3 Å². The summed E-state index contributed by atoms with van der Waals surface area (Å²) in [5.74, 6) is -3.96. The van der Waals surface area contributed by atoms with Gasteiger partial charge in [-0.15, -0.1) is 12.4 Å².